The number of aliphatic hydroxyl groups is 1. The van der Waals surface area contributed by atoms with Gasteiger partial charge >= 0.3 is 0 Å². The molecule has 1 aromatic heterocycles. The van der Waals surface area contributed by atoms with Crippen molar-refractivity contribution in [3.8, 4) is 22.8 Å². The van der Waals surface area contributed by atoms with E-state index in [0.717, 1.165) is 11.1 Å². The number of nitrogens with zero attached hydrogens (tertiary/aromatic N) is 3. The lowest BCUT2D eigenvalue weighted by atomic mass is 9.99. The largest absolute Gasteiger partial charge is 0.496 e. The third-order valence-corrected chi connectivity index (χ3v) is 6.12. The van der Waals surface area contributed by atoms with Crippen molar-refractivity contribution in [2.75, 3.05) is 33.9 Å². The highest BCUT2D eigenvalue weighted by Gasteiger charge is 2.34. The molecule has 1 aromatic carbocycles. The first kappa shape index (κ1) is 24.5. The Bertz CT molecular complexity index is 996. The van der Waals surface area contributed by atoms with Crippen molar-refractivity contribution in [3.63, 3.8) is 0 Å². The summed E-state index contributed by atoms with van der Waals surface area (Å²) >= 11 is 0. The summed E-state index contributed by atoms with van der Waals surface area (Å²) in [6, 6.07) is 8.90. The number of likely N-dealkylation sites (N-methyl/N-ethyl adjacent to an activating group) is 1. The van der Waals surface area contributed by atoms with Crippen LogP contribution in [0.15, 0.2) is 36.5 Å². The van der Waals surface area contributed by atoms with Gasteiger partial charge in [-0.05, 0) is 19.1 Å². The van der Waals surface area contributed by atoms with E-state index in [9.17, 15) is 14.7 Å². The maximum atomic E-state index is 13.6. The van der Waals surface area contributed by atoms with Gasteiger partial charge in [0.05, 0.1) is 26.3 Å². The zero-order chi connectivity index (χ0) is 24.1. The van der Waals surface area contributed by atoms with E-state index in [4.69, 9.17) is 9.47 Å². The first-order chi connectivity index (χ1) is 15.8. The van der Waals surface area contributed by atoms with E-state index in [0.29, 0.717) is 30.8 Å². The van der Waals surface area contributed by atoms with Crippen molar-refractivity contribution in [2.24, 2.45) is 5.92 Å². The average Bonchev–Trinajstić information content (AvgIpc) is 2.84. The molecular formula is C25H33N3O5. The summed E-state index contributed by atoms with van der Waals surface area (Å²) in [6.07, 6.45) is 1.70. The Kier molecular flexibility index (Phi) is 7.92. The van der Waals surface area contributed by atoms with Gasteiger partial charge in [-0.25, -0.2) is 4.98 Å². The van der Waals surface area contributed by atoms with Crippen molar-refractivity contribution in [1.29, 1.82) is 0 Å². The number of aliphatic hydroxyl groups excluding tert-OH is 1. The third kappa shape index (κ3) is 5.27. The second-order valence-electron chi connectivity index (χ2n) is 8.53. The average molecular weight is 456 g/mol. The Balaban J connectivity index is 2.07. The van der Waals surface area contributed by atoms with E-state index in [1.54, 1.807) is 36.2 Å². The molecule has 0 radical (unpaired) electrons. The van der Waals surface area contributed by atoms with Gasteiger partial charge in [0.25, 0.3) is 5.91 Å². The molecular weight excluding hydrogens is 422 g/mol. The summed E-state index contributed by atoms with van der Waals surface area (Å²) in [5.74, 6) is 0.579. The van der Waals surface area contributed by atoms with E-state index in [-0.39, 0.29) is 42.4 Å². The van der Waals surface area contributed by atoms with Crippen LogP contribution < -0.4 is 9.47 Å². The van der Waals surface area contributed by atoms with Crippen LogP contribution in [-0.2, 0) is 4.79 Å². The Morgan fingerprint density at radius 1 is 1.36 bits per heavy atom. The number of rotatable bonds is 7. The van der Waals surface area contributed by atoms with Gasteiger partial charge in [-0.3, -0.25) is 9.59 Å². The molecule has 1 N–H and O–H groups in total. The van der Waals surface area contributed by atoms with Gasteiger partial charge in [0.15, 0.2) is 0 Å². The maximum absolute atomic E-state index is 13.6. The summed E-state index contributed by atoms with van der Waals surface area (Å²) in [4.78, 5) is 33.5. The van der Waals surface area contributed by atoms with Crippen LogP contribution >= 0.6 is 0 Å². The standard InChI is InChI=1S/C25H33N3O5/c1-6-23(30)27(4)14-22-16(2)13-28(17(3)15-29)25(31)20-11-18(12-26-24(20)33-22)19-9-7-8-10-21(19)32-5/h7-12,16-17,22,29H,6,13-15H2,1-5H3/t16-,17-,22-/m1/s1. The molecule has 0 bridgehead atoms. The Morgan fingerprint density at radius 3 is 2.76 bits per heavy atom. The number of hydrogen-bond donors (Lipinski definition) is 1. The van der Waals surface area contributed by atoms with Crippen LogP contribution in [0, 0.1) is 5.92 Å². The van der Waals surface area contributed by atoms with Crippen LogP contribution in [0.5, 0.6) is 11.6 Å². The highest BCUT2D eigenvalue weighted by molar-refractivity contribution is 5.98. The van der Waals surface area contributed by atoms with Crippen LogP contribution in [-0.4, -0.2) is 77.7 Å². The van der Waals surface area contributed by atoms with Crippen molar-refractivity contribution >= 4 is 11.8 Å². The number of aromatic nitrogens is 1. The van der Waals surface area contributed by atoms with E-state index in [1.165, 1.54) is 0 Å². The second-order valence-corrected chi connectivity index (χ2v) is 8.53. The first-order valence-electron chi connectivity index (χ1n) is 11.3. The number of benzene rings is 1. The minimum atomic E-state index is -0.378. The number of para-hydroxylation sites is 1. The summed E-state index contributed by atoms with van der Waals surface area (Å²) in [6.45, 7) is 6.21. The van der Waals surface area contributed by atoms with Gasteiger partial charge in [0.1, 0.15) is 17.4 Å². The molecule has 33 heavy (non-hydrogen) atoms. The fourth-order valence-corrected chi connectivity index (χ4v) is 3.99. The van der Waals surface area contributed by atoms with E-state index < -0.39 is 0 Å². The van der Waals surface area contributed by atoms with E-state index in [1.807, 2.05) is 45.0 Å². The molecule has 1 aliphatic heterocycles. The number of ether oxygens (including phenoxy) is 2. The highest BCUT2D eigenvalue weighted by atomic mass is 16.5. The molecule has 0 saturated carbocycles. The summed E-state index contributed by atoms with van der Waals surface area (Å²) in [5.41, 5.74) is 1.85. The van der Waals surface area contributed by atoms with Crippen molar-refractivity contribution in [2.45, 2.75) is 39.3 Å². The molecule has 2 aromatic rings. The van der Waals surface area contributed by atoms with Crippen molar-refractivity contribution < 1.29 is 24.2 Å². The zero-order valence-corrected chi connectivity index (χ0v) is 19.9. The Labute approximate surface area is 195 Å². The fourth-order valence-electron chi connectivity index (χ4n) is 3.99. The van der Waals surface area contributed by atoms with Gasteiger partial charge in [0, 0.05) is 43.3 Å². The maximum Gasteiger partial charge on any atom is 0.259 e. The first-order valence-corrected chi connectivity index (χ1v) is 11.3. The molecule has 0 saturated heterocycles. The minimum absolute atomic E-state index is 0.0178. The topological polar surface area (TPSA) is 92.2 Å². The van der Waals surface area contributed by atoms with Crippen LogP contribution in [0.25, 0.3) is 11.1 Å². The third-order valence-electron chi connectivity index (χ3n) is 6.12. The predicted octanol–water partition coefficient (Wildman–Crippen LogP) is 2.85. The van der Waals surface area contributed by atoms with Crippen LogP contribution in [0.4, 0.5) is 0 Å². The molecule has 1 aliphatic rings. The van der Waals surface area contributed by atoms with E-state index in [2.05, 4.69) is 4.98 Å². The molecule has 0 unspecified atom stereocenters. The second kappa shape index (κ2) is 10.7. The normalized spacial score (nSPS) is 19.1. The van der Waals surface area contributed by atoms with Crippen molar-refractivity contribution in [3.05, 3.63) is 42.1 Å². The molecule has 2 heterocycles. The Hall–Kier alpha value is -3.13. The lowest BCUT2D eigenvalue weighted by Gasteiger charge is -2.37. The molecule has 2 amide bonds. The van der Waals surface area contributed by atoms with Gasteiger partial charge in [-0.1, -0.05) is 32.0 Å². The molecule has 8 nitrogen and oxygen atoms in total. The van der Waals surface area contributed by atoms with E-state index >= 15 is 0 Å². The highest BCUT2D eigenvalue weighted by Crippen LogP contribution is 2.34. The number of hydrogen-bond acceptors (Lipinski definition) is 6. The van der Waals surface area contributed by atoms with Crippen LogP contribution in [0.1, 0.15) is 37.6 Å². The number of fused-ring (bicyclic) bond motifs is 1. The molecule has 0 spiro atoms. The molecule has 178 valence electrons. The van der Waals surface area contributed by atoms with Crippen LogP contribution in [0.3, 0.4) is 0 Å². The molecule has 0 aliphatic carbocycles. The fraction of sp³-hybridized carbons (Fsp3) is 0.480. The number of pyridine rings is 1. The van der Waals surface area contributed by atoms with Crippen LogP contribution in [0.2, 0.25) is 0 Å². The lowest BCUT2D eigenvalue weighted by Crippen LogP contribution is -2.50. The minimum Gasteiger partial charge on any atom is -0.496 e. The summed E-state index contributed by atoms with van der Waals surface area (Å²) < 4.78 is 11.7. The summed E-state index contributed by atoms with van der Waals surface area (Å²) in [7, 11) is 3.35. The number of amides is 2. The van der Waals surface area contributed by atoms with Gasteiger partial charge in [-0.2, -0.15) is 0 Å². The number of carbonyl (C=O) groups is 2. The predicted molar refractivity (Wildman–Crippen MR) is 125 cm³/mol. The molecule has 0 fully saturated rings. The Morgan fingerprint density at radius 2 is 2.09 bits per heavy atom. The van der Waals surface area contributed by atoms with Gasteiger partial charge < -0.3 is 24.4 Å². The number of carbonyl (C=O) groups excluding carboxylic acids is 2. The van der Waals surface area contributed by atoms with Gasteiger partial charge in [0.2, 0.25) is 11.8 Å². The molecule has 3 rings (SSSR count). The zero-order valence-electron chi connectivity index (χ0n) is 19.9. The lowest BCUT2D eigenvalue weighted by molar-refractivity contribution is -0.131. The molecule has 8 heteroatoms. The van der Waals surface area contributed by atoms with Crippen molar-refractivity contribution in [1.82, 2.24) is 14.8 Å². The monoisotopic (exact) mass is 455 g/mol. The SMILES string of the molecule is CCC(=O)N(C)C[C@H]1Oc2ncc(-c3ccccc3OC)cc2C(=O)N([C@H](C)CO)C[C@H]1C. The summed E-state index contributed by atoms with van der Waals surface area (Å²) in [5, 5.41) is 9.81. The smallest absolute Gasteiger partial charge is 0.259 e. The quantitative estimate of drug-likeness (QED) is 0.690. The van der Waals surface area contributed by atoms with Gasteiger partial charge in [-0.15, -0.1) is 0 Å². The molecule has 3 atom stereocenters. The number of methoxy groups -OCH3 is 1.